The smallest absolute Gasteiger partial charge is 0.237 e. The van der Waals surface area contributed by atoms with Crippen molar-refractivity contribution < 1.29 is 14.3 Å². The Morgan fingerprint density at radius 3 is 2.25 bits per heavy atom. The number of carbonyl (C=O) groups is 2. The van der Waals surface area contributed by atoms with Gasteiger partial charge in [-0.15, -0.1) is 0 Å². The maximum Gasteiger partial charge on any atom is 0.237 e. The van der Waals surface area contributed by atoms with Crippen molar-refractivity contribution in [1.82, 2.24) is 10.6 Å². The molecule has 0 aromatic heterocycles. The zero-order valence-electron chi connectivity index (χ0n) is 13.6. The summed E-state index contributed by atoms with van der Waals surface area (Å²) in [6.07, 6.45) is 1.94. The monoisotopic (exact) mass is 286 g/mol. The Morgan fingerprint density at radius 1 is 1.30 bits per heavy atom. The van der Waals surface area contributed by atoms with Crippen LogP contribution in [0, 0.1) is 11.8 Å². The zero-order chi connectivity index (χ0) is 15.7. The van der Waals surface area contributed by atoms with E-state index in [4.69, 9.17) is 4.74 Å². The highest BCUT2D eigenvalue weighted by Gasteiger charge is 2.31. The quantitative estimate of drug-likeness (QED) is 0.595. The summed E-state index contributed by atoms with van der Waals surface area (Å²) in [6, 6.07) is -0.316. The largest absolute Gasteiger partial charge is 0.379 e. The first kappa shape index (κ1) is 19.1. The van der Waals surface area contributed by atoms with Crippen LogP contribution in [-0.2, 0) is 14.3 Å². The number of ether oxygens (including phenoxy) is 1. The van der Waals surface area contributed by atoms with Crippen molar-refractivity contribution in [3.63, 3.8) is 0 Å². The van der Waals surface area contributed by atoms with Gasteiger partial charge in [-0.1, -0.05) is 34.1 Å². The lowest BCUT2D eigenvalue weighted by molar-refractivity contribution is -0.124. The molecule has 0 saturated heterocycles. The van der Waals surface area contributed by atoms with Gasteiger partial charge in [-0.3, -0.25) is 10.1 Å². The predicted octanol–water partition coefficient (Wildman–Crippen LogP) is 1.37. The summed E-state index contributed by atoms with van der Waals surface area (Å²) in [7, 11) is 3.24. The molecule has 0 rings (SSSR count). The molecule has 20 heavy (non-hydrogen) atoms. The summed E-state index contributed by atoms with van der Waals surface area (Å²) in [4.78, 5) is 22.8. The number of hydrogen-bond donors (Lipinski definition) is 2. The van der Waals surface area contributed by atoms with Gasteiger partial charge in [0.15, 0.2) is 0 Å². The van der Waals surface area contributed by atoms with E-state index in [-0.39, 0.29) is 30.0 Å². The number of carbonyl (C=O) groups excluding carboxylic acids is 2. The Balaban J connectivity index is 5.10. The van der Waals surface area contributed by atoms with E-state index < -0.39 is 0 Å². The van der Waals surface area contributed by atoms with Crippen LogP contribution in [0.4, 0.5) is 0 Å². The first-order valence-electron chi connectivity index (χ1n) is 7.36. The normalized spacial score (nSPS) is 17.4. The minimum absolute atomic E-state index is 0.0279. The maximum absolute atomic E-state index is 12.0. The van der Waals surface area contributed by atoms with Gasteiger partial charge in [-0.2, -0.15) is 0 Å². The second kappa shape index (κ2) is 9.88. The molecule has 4 atom stereocenters. The van der Waals surface area contributed by atoms with Gasteiger partial charge in [-0.05, 0) is 11.8 Å². The van der Waals surface area contributed by atoms with Crippen molar-refractivity contribution in [3.05, 3.63) is 0 Å². The first-order valence-corrected chi connectivity index (χ1v) is 7.36. The molecular formula is C15H30N2O3. The molecule has 0 saturated carbocycles. The van der Waals surface area contributed by atoms with Crippen LogP contribution in [0.15, 0.2) is 0 Å². The number of aldehydes is 1. The summed E-state index contributed by atoms with van der Waals surface area (Å²) in [5.41, 5.74) is 0. The lowest BCUT2D eigenvalue weighted by Crippen LogP contribution is -2.56. The fourth-order valence-electron chi connectivity index (χ4n) is 2.31. The molecule has 5 heteroatoms. The van der Waals surface area contributed by atoms with Crippen molar-refractivity contribution in [3.8, 4) is 0 Å². The highest BCUT2D eigenvalue weighted by Crippen LogP contribution is 2.18. The summed E-state index contributed by atoms with van der Waals surface area (Å²) in [5.74, 6) is 0.440. The Kier molecular flexibility index (Phi) is 9.42. The SMILES string of the molecule is CCC(C)C(N[C@H](C(=O)NC)C(C)C)C(CC=O)OC. The number of hydrogen-bond acceptors (Lipinski definition) is 4. The lowest BCUT2D eigenvalue weighted by Gasteiger charge is -2.35. The van der Waals surface area contributed by atoms with E-state index in [1.165, 1.54) is 0 Å². The van der Waals surface area contributed by atoms with E-state index >= 15 is 0 Å². The van der Waals surface area contributed by atoms with E-state index in [0.717, 1.165) is 12.7 Å². The number of rotatable bonds is 10. The van der Waals surface area contributed by atoms with Gasteiger partial charge in [0, 0.05) is 26.6 Å². The van der Waals surface area contributed by atoms with Crippen molar-refractivity contribution in [1.29, 1.82) is 0 Å². The third-order valence-electron chi connectivity index (χ3n) is 3.86. The predicted molar refractivity (Wildman–Crippen MR) is 80.5 cm³/mol. The standard InChI is InChI=1S/C15H30N2O3/c1-7-11(4)14(12(20-6)8-9-18)17-13(10(2)3)15(19)16-5/h9-14,17H,7-8H2,1-6H3,(H,16,19)/t11?,12?,13-,14?/m0/s1. The van der Waals surface area contributed by atoms with Crippen LogP contribution in [0.25, 0.3) is 0 Å². The summed E-state index contributed by atoms with van der Waals surface area (Å²) < 4.78 is 5.44. The number of nitrogens with one attached hydrogen (secondary N) is 2. The molecule has 5 nitrogen and oxygen atoms in total. The number of likely N-dealkylation sites (N-methyl/N-ethyl adjacent to an activating group) is 1. The zero-order valence-corrected chi connectivity index (χ0v) is 13.6. The van der Waals surface area contributed by atoms with Crippen LogP contribution < -0.4 is 10.6 Å². The van der Waals surface area contributed by atoms with Gasteiger partial charge in [0.2, 0.25) is 5.91 Å². The second-order valence-corrected chi connectivity index (χ2v) is 5.59. The molecule has 3 unspecified atom stereocenters. The third kappa shape index (κ3) is 5.59. The van der Waals surface area contributed by atoms with E-state index in [2.05, 4.69) is 24.5 Å². The van der Waals surface area contributed by atoms with Crippen LogP contribution in [0.5, 0.6) is 0 Å². The summed E-state index contributed by atoms with van der Waals surface area (Å²) in [5, 5.41) is 6.08. The van der Waals surface area contributed by atoms with E-state index in [1.54, 1.807) is 14.2 Å². The highest BCUT2D eigenvalue weighted by molar-refractivity contribution is 5.81. The molecule has 0 aromatic rings. The molecule has 0 aliphatic rings. The summed E-state index contributed by atoms with van der Waals surface area (Å²) >= 11 is 0. The van der Waals surface area contributed by atoms with Gasteiger partial charge >= 0.3 is 0 Å². The van der Waals surface area contributed by atoms with Crippen molar-refractivity contribution in [2.24, 2.45) is 11.8 Å². The number of amides is 1. The third-order valence-corrected chi connectivity index (χ3v) is 3.86. The van der Waals surface area contributed by atoms with Gasteiger partial charge in [0.1, 0.15) is 6.29 Å². The molecule has 0 heterocycles. The fraction of sp³-hybridized carbons (Fsp3) is 0.867. The van der Waals surface area contributed by atoms with Crippen LogP contribution in [0.2, 0.25) is 0 Å². The van der Waals surface area contributed by atoms with Crippen LogP contribution in [-0.4, -0.2) is 44.5 Å². The molecule has 0 aromatic carbocycles. The Morgan fingerprint density at radius 2 is 1.90 bits per heavy atom. The molecular weight excluding hydrogens is 256 g/mol. The van der Waals surface area contributed by atoms with Crippen molar-refractivity contribution in [2.45, 2.75) is 58.7 Å². The molecule has 0 spiro atoms. The first-order chi connectivity index (χ1) is 9.42. The Bertz CT molecular complexity index is 295. The van der Waals surface area contributed by atoms with Crippen LogP contribution >= 0.6 is 0 Å². The molecule has 0 aliphatic carbocycles. The molecule has 118 valence electrons. The van der Waals surface area contributed by atoms with Crippen LogP contribution in [0.1, 0.15) is 40.5 Å². The lowest BCUT2D eigenvalue weighted by atomic mass is 9.90. The molecule has 2 N–H and O–H groups in total. The molecule has 1 amide bonds. The van der Waals surface area contributed by atoms with Gasteiger partial charge in [0.25, 0.3) is 0 Å². The minimum atomic E-state index is -0.289. The molecule has 0 fully saturated rings. The van der Waals surface area contributed by atoms with Crippen molar-refractivity contribution in [2.75, 3.05) is 14.2 Å². The van der Waals surface area contributed by atoms with E-state index in [9.17, 15) is 9.59 Å². The topological polar surface area (TPSA) is 67.4 Å². The fourth-order valence-corrected chi connectivity index (χ4v) is 2.31. The average molecular weight is 286 g/mol. The number of methoxy groups -OCH3 is 1. The second-order valence-electron chi connectivity index (χ2n) is 5.59. The Labute approximate surface area is 122 Å². The average Bonchev–Trinajstić information content (AvgIpc) is 2.44. The van der Waals surface area contributed by atoms with E-state index in [0.29, 0.717) is 12.3 Å². The minimum Gasteiger partial charge on any atom is -0.379 e. The van der Waals surface area contributed by atoms with E-state index in [1.807, 2.05) is 13.8 Å². The van der Waals surface area contributed by atoms with Crippen molar-refractivity contribution >= 4 is 12.2 Å². The van der Waals surface area contributed by atoms with Crippen LogP contribution in [0.3, 0.4) is 0 Å². The van der Waals surface area contributed by atoms with Gasteiger partial charge < -0.3 is 14.8 Å². The highest BCUT2D eigenvalue weighted by atomic mass is 16.5. The van der Waals surface area contributed by atoms with Gasteiger partial charge in [-0.25, -0.2) is 0 Å². The Hall–Kier alpha value is -0.940. The molecule has 0 radical (unpaired) electrons. The maximum atomic E-state index is 12.0. The molecule has 0 bridgehead atoms. The summed E-state index contributed by atoms with van der Waals surface area (Å²) in [6.45, 7) is 8.21. The van der Waals surface area contributed by atoms with Gasteiger partial charge in [0.05, 0.1) is 12.1 Å². The molecule has 0 aliphatic heterocycles.